The Labute approximate surface area is 59.1 Å². The summed E-state index contributed by atoms with van der Waals surface area (Å²) < 4.78 is 0. The van der Waals surface area contributed by atoms with Gasteiger partial charge >= 0.3 is 5.97 Å². The molecule has 10 heavy (non-hydrogen) atoms. The SMILES string of the molecule is CC(C)[C@H](O)[C@@H](O)C(=O)O. The zero-order chi connectivity index (χ0) is 8.31. The van der Waals surface area contributed by atoms with Crippen molar-refractivity contribution in [3.8, 4) is 0 Å². The van der Waals surface area contributed by atoms with E-state index in [0.29, 0.717) is 0 Å². The Kier molecular flexibility index (Phi) is 3.32. The Morgan fingerprint density at radius 2 is 1.70 bits per heavy atom. The van der Waals surface area contributed by atoms with Crippen LogP contribution in [0.1, 0.15) is 13.8 Å². The van der Waals surface area contributed by atoms with E-state index in [4.69, 9.17) is 15.3 Å². The molecule has 0 saturated carbocycles. The number of hydrogen-bond donors (Lipinski definition) is 3. The zero-order valence-electron chi connectivity index (χ0n) is 5.98. The van der Waals surface area contributed by atoms with E-state index in [1.165, 1.54) is 0 Å². The second-order valence-electron chi connectivity index (χ2n) is 2.52. The lowest BCUT2D eigenvalue weighted by atomic mass is 10.0. The standard InChI is InChI=1S/C6H12O4/c1-3(2)4(7)5(8)6(9)10/h3-5,7-8H,1-2H3,(H,9,10)/t4-,5+/m0/s1. The molecule has 0 aromatic rings. The lowest BCUT2D eigenvalue weighted by Crippen LogP contribution is -2.37. The Hall–Kier alpha value is -0.610. The number of aliphatic hydroxyl groups is 2. The first-order valence-corrected chi connectivity index (χ1v) is 3.05. The lowest BCUT2D eigenvalue weighted by Gasteiger charge is -2.16. The van der Waals surface area contributed by atoms with Crippen LogP contribution in [0.5, 0.6) is 0 Å². The molecule has 0 aliphatic rings. The van der Waals surface area contributed by atoms with Crippen LogP contribution in [0.2, 0.25) is 0 Å². The summed E-state index contributed by atoms with van der Waals surface area (Å²) >= 11 is 0. The van der Waals surface area contributed by atoms with Gasteiger partial charge in [-0.05, 0) is 5.92 Å². The molecule has 0 aromatic carbocycles. The quantitative estimate of drug-likeness (QED) is 0.501. The minimum Gasteiger partial charge on any atom is -0.479 e. The van der Waals surface area contributed by atoms with Crippen LogP contribution in [0.15, 0.2) is 0 Å². The number of carbonyl (C=O) groups is 1. The van der Waals surface area contributed by atoms with Crippen molar-refractivity contribution in [3.05, 3.63) is 0 Å². The summed E-state index contributed by atoms with van der Waals surface area (Å²) in [5, 5.41) is 25.8. The molecule has 3 N–H and O–H groups in total. The topological polar surface area (TPSA) is 77.8 Å². The number of rotatable bonds is 3. The molecule has 0 spiro atoms. The molecular formula is C6H12O4. The Bertz CT molecular complexity index is 121. The van der Waals surface area contributed by atoms with Crippen LogP contribution in [-0.4, -0.2) is 33.5 Å². The van der Waals surface area contributed by atoms with E-state index in [2.05, 4.69) is 0 Å². The molecule has 0 aliphatic carbocycles. The molecule has 4 heteroatoms. The minimum atomic E-state index is -1.67. The van der Waals surface area contributed by atoms with E-state index < -0.39 is 18.2 Å². The maximum atomic E-state index is 10.0. The van der Waals surface area contributed by atoms with Crippen LogP contribution < -0.4 is 0 Å². The van der Waals surface area contributed by atoms with Crippen LogP contribution in [-0.2, 0) is 4.79 Å². The fraction of sp³-hybridized carbons (Fsp3) is 0.833. The van der Waals surface area contributed by atoms with Gasteiger partial charge in [-0.25, -0.2) is 4.79 Å². The van der Waals surface area contributed by atoms with Crippen molar-refractivity contribution in [1.29, 1.82) is 0 Å². The van der Waals surface area contributed by atoms with Gasteiger partial charge in [-0.3, -0.25) is 0 Å². The molecule has 0 fully saturated rings. The number of aliphatic hydroxyl groups excluding tert-OH is 2. The van der Waals surface area contributed by atoms with E-state index in [0.717, 1.165) is 0 Å². The fourth-order valence-electron chi connectivity index (χ4n) is 0.511. The molecule has 4 nitrogen and oxygen atoms in total. The average molecular weight is 148 g/mol. The molecule has 0 heterocycles. The first-order chi connectivity index (χ1) is 4.46. The highest BCUT2D eigenvalue weighted by Crippen LogP contribution is 2.05. The van der Waals surface area contributed by atoms with Gasteiger partial charge in [-0.15, -0.1) is 0 Å². The Balaban J connectivity index is 3.94. The van der Waals surface area contributed by atoms with Gasteiger partial charge in [0.25, 0.3) is 0 Å². The van der Waals surface area contributed by atoms with Crippen LogP contribution in [0, 0.1) is 5.92 Å². The third-order valence-electron chi connectivity index (χ3n) is 1.26. The molecular weight excluding hydrogens is 136 g/mol. The number of carboxylic acids is 1. The van der Waals surface area contributed by atoms with Gasteiger partial charge < -0.3 is 15.3 Å². The van der Waals surface area contributed by atoms with Gasteiger partial charge in [0.05, 0.1) is 6.10 Å². The van der Waals surface area contributed by atoms with Crippen molar-refractivity contribution in [2.45, 2.75) is 26.1 Å². The average Bonchev–Trinajstić information content (AvgIpc) is 1.84. The van der Waals surface area contributed by atoms with Gasteiger partial charge in [0.15, 0.2) is 6.10 Å². The van der Waals surface area contributed by atoms with E-state index in [-0.39, 0.29) is 5.92 Å². The van der Waals surface area contributed by atoms with Gasteiger partial charge in [-0.1, -0.05) is 13.8 Å². The summed E-state index contributed by atoms with van der Waals surface area (Å²) in [7, 11) is 0. The van der Waals surface area contributed by atoms with Gasteiger partial charge in [0.2, 0.25) is 0 Å². The van der Waals surface area contributed by atoms with Crippen molar-refractivity contribution in [1.82, 2.24) is 0 Å². The summed E-state index contributed by atoms with van der Waals surface area (Å²) in [5.74, 6) is -1.63. The number of aliphatic carboxylic acids is 1. The fourth-order valence-corrected chi connectivity index (χ4v) is 0.511. The minimum absolute atomic E-state index is 0.244. The molecule has 0 aromatic heterocycles. The van der Waals surface area contributed by atoms with Crippen molar-refractivity contribution in [2.75, 3.05) is 0 Å². The maximum Gasteiger partial charge on any atom is 0.335 e. The monoisotopic (exact) mass is 148 g/mol. The molecule has 0 amide bonds. The largest absolute Gasteiger partial charge is 0.479 e. The number of carboxylic acid groups (broad SMARTS) is 1. The van der Waals surface area contributed by atoms with Gasteiger partial charge in [0, 0.05) is 0 Å². The predicted molar refractivity (Wildman–Crippen MR) is 34.5 cm³/mol. The van der Waals surface area contributed by atoms with Crippen LogP contribution >= 0.6 is 0 Å². The smallest absolute Gasteiger partial charge is 0.335 e. The first kappa shape index (κ1) is 9.39. The summed E-state index contributed by atoms with van der Waals surface area (Å²) in [6.07, 6.45) is -2.85. The highest BCUT2D eigenvalue weighted by molar-refractivity contribution is 5.72. The van der Waals surface area contributed by atoms with Gasteiger partial charge in [-0.2, -0.15) is 0 Å². The highest BCUT2D eigenvalue weighted by atomic mass is 16.4. The molecule has 0 unspecified atom stereocenters. The molecule has 0 bridgehead atoms. The van der Waals surface area contributed by atoms with E-state index in [9.17, 15) is 4.79 Å². The summed E-state index contributed by atoms with van der Waals surface area (Å²) in [5.41, 5.74) is 0. The second kappa shape index (κ2) is 3.53. The van der Waals surface area contributed by atoms with E-state index in [1.807, 2.05) is 0 Å². The summed E-state index contributed by atoms with van der Waals surface area (Å²) in [4.78, 5) is 10.0. The third-order valence-corrected chi connectivity index (χ3v) is 1.26. The predicted octanol–water partition coefficient (Wildman–Crippen LogP) is -0.551. The molecule has 0 radical (unpaired) electrons. The molecule has 60 valence electrons. The highest BCUT2D eigenvalue weighted by Gasteiger charge is 2.25. The first-order valence-electron chi connectivity index (χ1n) is 3.05. The third kappa shape index (κ3) is 2.33. The number of hydrogen-bond acceptors (Lipinski definition) is 3. The van der Waals surface area contributed by atoms with E-state index >= 15 is 0 Å². The molecule has 2 atom stereocenters. The van der Waals surface area contributed by atoms with Crippen LogP contribution in [0.4, 0.5) is 0 Å². The van der Waals surface area contributed by atoms with Crippen LogP contribution in [0.3, 0.4) is 0 Å². The summed E-state index contributed by atoms with van der Waals surface area (Å²) in [6.45, 7) is 3.27. The van der Waals surface area contributed by atoms with Crippen molar-refractivity contribution >= 4 is 5.97 Å². The lowest BCUT2D eigenvalue weighted by molar-refractivity contribution is -0.154. The van der Waals surface area contributed by atoms with E-state index in [1.54, 1.807) is 13.8 Å². The van der Waals surface area contributed by atoms with Crippen molar-refractivity contribution < 1.29 is 20.1 Å². The maximum absolute atomic E-state index is 10.0. The zero-order valence-corrected chi connectivity index (χ0v) is 5.98. The molecule has 0 rings (SSSR count). The van der Waals surface area contributed by atoms with Crippen LogP contribution in [0.25, 0.3) is 0 Å². The normalized spacial score (nSPS) is 16.9. The second-order valence-corrected chi connectivity index (χ2v) is 2.52. The molecule has 0 saturated heterocycles. The Morgan fingerprint density at radius 3 is 1.80 bits per heavy atom. The van der Waals surface area contributed by atoms with Crippen molar-refractivity contribution in [2.24, 2.45) is 5.92 Å². The van der Waals surface area contributed by atoms with Gasteiger partial charge in [0.1, 0.15) is 0 Å². The Morgan fingerprint density at radius 1 is 1.30 bits per heavy atom. The van der Waals surface area contributed by atoms with Crippen molar-refractivity contribution in [3.63, 3.8) is 0 Å². The summed E-state index contributed by atoms with van der Waals surface area (Å²) in [6, 6.07) is 0. The molecule has 0 aliphatic heterocycles.